The number of ether oxygens (including phenoxy) is 1. The minimum atomic E-state index is 0. The quantitative estimate of drug-likeness (QED) is 0.357. The summed E-state index contributed by atoms with van der Waals surface area (Å²) in [5.41, 5.74) is 0. The molecule has 0 aliphatic heterocycles. The Morgan fingerprint density at radius 2 is 1.75 bits per heavy atom. The molecule has 0 saturated carbocycles. The molecule has 0 atom stereocenters. The molecule has 0 aromatic carbocycles. The fourth-order valence-corrected chi connectivity index (χ4v) is 0. The Balaban J connectivity index is 0. The van der Waals surface area contributed by atoms with Crippen LogP contribution in [0.4, 0.5) is 0 Å². The van der Waals surface area contributed by atoms with Gasteiger partial charge in [0.1, 0.15) is 0 Å². The fourth-order valence-electron chi connectivity index (χ4n) is 0. The molecule has 2 heteroatoms. The first-order valence-electron chi connectivity index (χ1n) is 0.697. The molecule has 0 bridgehead atoms. The fraction of sp³-hybridized carbons (Fsp3) is 0.500. The molecule has 0 aliphatic rings. The van der Waals surface area contributed by atoms with Crippen LogP contribution < -0.4 is 0 Å². The van der Waals surface area contributed by atoms with E-state index in [2.05, 4.69) is 11.8 Å². The summed E-state index contributed by atoms with van der Waals surface area (Å²) in [5, 5.41) is 0. The van der Waals surface area contributed by atoms with Crippen molar-refractivity contribution >= 4 is 29.6 Å². The molecule has 4 heavy (non-hydrogen) atoms. The molecule has 0 spiro atoms. The molecule has 0 N–H and O–H groups in total. The van der Waals surface area contributed by atoms with Crippen molar-refractivity contribution in [2.24, 2.45) is 0 Å². The molecular formula is C2H6NaO. The number of hydrogen-bond acceptors (Lipinski definition) is 1. The van der Waals surface area contributed by atoms with Crippen molar-refractivity contribution in [3.05, 3.63) is 7.11 Å². The monoisotopic (exact) mass is 69.0 g/mol. The van der Waals surface area contributed by atoms with Crippen LogP contribution in [-0.4, -0.2) is 36.7 Å². The molecule has 0 heterocycles. The normalized spacial score (nSPS) is 4.50. The molecule has 1 radical (unpaired) electrons. The van der Waals surface area contributed by atoms with E-state index in [1.54, 1.807) is 0 Å². The maximum absolute atomic E-state index is 4.00. The zero-order valence-electron chi connectivity index (χ0n) is 2.12. The Labute approximate surface area is 48.6 Å². The van der Waals surface area contributed by atoms with Gasteiger partial charge >= 0.3 is 29.6 Å². The topological polar surface area (TPSA) is 9.23 Å². The number of hydrogen-bond donors (Lipinski definition) is 0. The van der Waals surface area contributed by atoms with Crippen LogP contribution in [-0.2, 0) is 4.74 Å². The van der Waals surface area contributed by atoms with Gasteiger partial charge in [-0.25, -0.2) is 0 Å². The second-order valence-corrected chi connectivity index (χ2v) is 0.289. The third-order valence-electron chi connectivity index (χ3n) is 0. The van der Waals surface area contributed by atoms with Gasteiger partial charge in [0.2, 0.25) is 0 Å². The van der Waals surface area contributed by atoms with Gasteiger partial charge in [-0.1, -0.05) is 0 Å². The van der Waals surface area contributed by atoms with Crippen molar-refractivity contribution in [1.29, 1.82) is 0 Å². The SMILES string of the molecule is [CH2]OC.[NaH]. The van der Waals surface area contributed by atoms with Crippen molar-refractivity contribution in [1.82, 2.24) is 0 Å². The van der Waals surface area contributed by atoms with Gasteiger partial charge in [-0.3, -0.25) is 0 Å². The van der Waals surface area contributed by atoms with Crippen LogP contribution in [0.1, 0.15) is 0 Å². The van der Waals surface area contributed by atoms with Gasteiger partial charge < -0.3 is 4.74 Å². The molecule has 0 aromatic rings. The second kappa shape index (κ2) is 9.03. The molecule has 0 fully saturated rings. The number of methoxy groups -OCH3 is 1. The molecule has 0 aliphatic carbocycles. The standard InChI is InChI=1S/C2H5O.Na.H/c1-3-2;;/h1H2,2H3;;. The van der Waals surface area contributed by atoms with E-state index in [4.69, 9.17) is 0 Å². The van der Waals surface area contributed by atoms with Crippen LogP contribution in [0.5, 0.6) is 0 Å². The molecule has 1 nitrogen and oxygen atoms in total. The summed E-state index contributed by atoms with van der Waals surface area (Å²) in [7, 11) is 4.50. The molecule has 0 rings (SSSR count). The summed E-state index contributed by atoms with van der Waals surface area (Å²) < 4.78 is 4.00. The predicted octanol–water partition coefficient (Wildman–Crippen LogP) is -0.224. The second-order valence-electron chi connectivity index (χ2n) is 0.289. The van der Waals surface area contributed by atoms with E-state index in [1.807, 2.05) is 0 Å². The number of rotatable bonds is 0. The van der Waals surface area contributed by atoms with Crippen LogP contribution in [0.15, 0.2) is 0 Å². The molecule has 0 amide bonds. The third kappa shape index (κ3) is 12.3. The molecule has 0 aromatic heterocycles. The van der Waals surface area contributed by atoms with Gasteiger partial charge in [0.25, 0.3) is 0 Å². The zero-order valence-corrected chi connectivity index (χ0v) is 2.12. The minimum absolute atomic E-state index is 0. The van der Waals surface area contributed by atoms with Gasteiger partial charge in [-0.2, -0.15) is 0 Å². The molecule has 0 saturated heterocycles. The van der Waals surface area contributed by atoms with Crippen LogP contribution >= 0.6 is 0 Å². The Bertz CT molecular complexity index is 6.00. The predicted molar refractivity (Wildman–Crippen MR) is 19.5 cm³/mol. The van der Waals surface area contributed by atoms with Crippen molar-refractivity contribution in [2.45, 2.75) is 0 Å². The van der Waals surface area contributed by atoms with E-state index >= 15 is 0 Å². The summed E-state index contributed by atoms with van der Waals surface area (Å²) >= 11 is 0. The van der Waals surface area contributed by atoms with Crippen molar-refractivity contribution in [3.63, 3.8) is 0 Å². The average Bonchev–Trinajstić information content (AvgIpc) is 0.918. The first kappa shape index (κ1) is 8.88. The first-order valence-corrected chi connectivity index (χ1v) is 0.697. The molecular weight excluding hydrogens is 63.0 g/mol. The van der Waals surface area contributed by atoms with E-state index in [0.29, 0.717) is 0 Å². The van der Waals surface area contributed by atoms with E-state index in [-0.39, 0.29) is 29.6 Å². The average molecular weight is 69.1 g/mol. The van der Waals surface area contributed by atoms with Crippen LogP contribution in [0.3, 0.4) is 0 Å². The summed E-state index contributed by atoms with van der Waals surface area (Å²) in [5.74, 6) is 0. The Morgan fingerprint density at radius 1 is 1.75 bits per heavy atom. The molecule has 21 valence electrons. The summed E-state index contributed by atoms with van der Waals surface area (Å²) in [6, 6.07) is 0. The van der Waals surface area contributed by atoms with Crippen molar-refractivity contribution < 1.29 is 4.74 Å². The van der Waals surface area contributed by atoms with Crippen LogP contribution in [0.2, 0.25) is 0 Å². The van der Waals surface area contributed by atoms with Gasteiger partial charge in [-0.15, -0.1) is 0 Å². The Hall–Kier alpha value is 0.960. The molecule has 0 unspecified atom stereocenters. The Kier molecular flexibility index (Phi) is 20.0. The van der Waals surface area contributed by atoms with E-state index in [1.165, 1.54) is 7.11 Å². The van der Waals surface area contributed by atoms with Crippen molar-refractivity contribution in [2.75, 3.05) is 7.11 Å². The Morgan fingerprint density at radius 3 is 1.75 bits per heavy atom. The van der Waals surface area contributed by atoms with Gasteiger partial charge in [0.15, 0.2) is 0 Å². The van der Waals surface area contributed by atoms with Gasteiger partial charge in [-0.05, 0) is 0 Å². The first-order chi connectivity index (χ1) is 1.41. The zero-order chi connectivity index (χ0) is 2.71. The van der Waals surface area contributed by atoms with E-state index in [9.17, 15) is 0 Å². The van der Waals surface area contributed by atoms with Gasteiger partial charge in [0, 0.05) is 7.11 Å². The third-order valence-corrected chi connectivity index (χ3v) is 0. The van der Waals surface area contributed by atoms with E-state index in [0.717, 1.165) is 0 Å². The van der Waals surface area contributed by atoms with Crippen LogP contribution in [0.25, 0.3) is 0 Å². The summed E-state index contributed by atoms with van der Waals surface area (Å²) in [6.45, 7) is 0. The summed E-state index contributed by atoms with van der Waals surface area (Å²) in [6.07, 6.45) is 0. The van der Waals surface area contributed by atoms with Gasteiger partial charge in [0.05, 0.1) is 7.11 Å². The summed E-state index contributed by atoms with van der Waals surface area (Å²) in [4.78, 5) is 0. The van der Waals surface area contributed by atoms with Crippen molar-refractivity contribution in [3.8, 4) is 0 Å². The maximum atomic E-state index is 4.00. The van der Waals surface area contributed by atoms with E-state index < -0.39 is 0 Å². The van der Waals surface area contributed by atoms with Crippen LogP contribution in [0, 0.1) is 7.11 Å².